The topological polar surface area (TPSA) is 71.1 Å². The van der Waals surface area contributed by atoms with Crippen molar-refractivity contribution in [3.8, 4) is 0 Å². The second-order valence-corrected chi connectivity index (χ2v) is 6.61. The van der Waals surface area contributed by atoms with Crippen molar-refractivity contribution in [1.82, 2.24) is 4.98 Å². The van der Waals surface area contributed by atoms with Crippen molar-refractivity contribution >= 4 is 34.8 Å². The smallest absolute Gasteiger partial charge is 0.257 e. The monoisotopic (exact) mass is 379 g/mol. The molecule has 5 nitrogen and oxygen atoms in total. The summed E-state index contributed by atoms with van der Waals surface area (Å²) in [6.45, 7) is 3.99. The summed E-state index contributed by atoms with van der Waals surface area (Å²) in [5.74, 6) is -0.683. The maximum atomic E-state index is 12.5. The van der Waals surface area contributed by atoms with Gasteiger partial charge >= 0.3 is 0 Å². The Morgan fingerprint density at radius 1 is 0.778 bits per heavy atom. The second-order valence-electron chi connectivity index (χ2n) is 6.18. The zero-order chi connectivity index (χ0) is 19.4. The van der Waals surface area contributed by atoms with Gasteiger partial charge < -0.3 is 10.6 Å². The molecule has 0 atom stereocenters. The third-order valence-corrected chi connectivity index (χ3v) is 4.38. The van der Waals surface area contributed by atoms with Gasteiger partial charge in [0.05, 0.1) is 11.1 Å². The number of carbonyl (C=O) groups is 2. The van der Waals surface area contributed by atoms with Gasteiger partial charge in [0.2, 0.25) is 0 Å². The van der Waals surface area contributed by atoms with Crippen LogP contribution in [-0.2, 0) is 0 Å². The quantitative estimate of drug-likeness (QED) is 0.680. The largest absolute Gasteiger partial charge is 0.322 e. The number of rotatable bonds is 4. The van der Waals surface area contributed by atoms with Crippen LogP contribution in [0.2, 0.25) is 5.02 Å². The highest BCUT2D eigenvalue weighted by Gasteiger charge is 2.12. The van der Waals surface area contributed by atoms with E-state index in [2.05, 4.69) is 15.6 Å². The lowest BCUT2D eigenvalue weighted by molar-refractivity contribution is 0.102. The lowest BCUT2D eigenvalue weighted by Crippen LogP contribution is -2.16. The summed E-state index contributed by atoms with van der Waals surface area (Å²) >= 11 is 5.84. The molecule has 0 bridgehead atoms. The molecule has 0 fully saturated rings. The average Bonchev–Trinajstić information content (AvgIpc) is 2.66. The van der Waals surface area contributed by atoms with Gasteiger partial charge in [0.1, 0.15) is 0 Å². The molecule has 1 aromatic heterocycles. The van der Waals surface area contributed by atoms with Crippen LogP contribution in [0.5, 0.6) is 0 Å². The summed E-state index contributed by atoms with van der Waals surface area (Å²) in [4.78, 5) is 28.9. The molecule has 0 spiro atoms. The van der Waals surface area contributed by atoms with Crippen LogP contribution in [0.25, 0.3) is 0 Å². The van der Waals surface area contributed by atoms with Crippen molar-refractivity contribution in [1.29, 1.82) is 0 Å². The Balaban J connectivity index is 1.73. The number of aryl methyl sites for hydroxylation is 2. The normalized spacial score (nSPS) is 10.3. The van der Waals surface area contributed by atoms with Crippen molar-refractivity contribution in [2.45, 2.75) is 13.8 Å². The Morgan fingerprint density at radius 2 is 1.33 bits per heavy atom. The average molecular weight is 380 g/mol. The Labute approximate surface area is 162 Å². The van der Waals surface area contributed by atoms with E-state index in [1.807, 2.05) is 32.0 Å². The summed E-state index contributed by atoms with van der Waals surface area (Å²) in [6.07, 6.45) is 2.84. The molecule has 2 aromatic carbocycles. The summed E-state index contributed by atoms with van der Waals surface area (Å²) in [7, 11) is 0. The van der Waals surface area contributed by atoms with E-state index in [0.717, 1.165) is 11.1 Å². The van der Waals surface area contributed by atoms with Gasteiger partial charge in [-0.15, -0.1) is 0 Å². The van der Waals surface area contributed by atoms with Crippen molar-refractivity contribution in [3.05, 3.63) is 88.2 Å². The molecule has 136 valence electrons. The highest BCUT2D eigenvalue weighted by molar-refractivity contribution is 6.30. The van der Waals surface area contributed by atoms with Crippen molar-refractivity contribution in [2.75, 3.05) is 10.6 Å². The Morgan fingerprint density at radius 3 is 1.93 bits per heavy atom. The maximum Gasteiger partial charge on any atom is 0.257 e. The molecule has 0 unspecified atom stereocenters. The molecule has 0 aliphatic carbocycles. The number of benzene rings is 2. The number of halogens is 1. The highest BCUT2D eigenvalue weighted by Crippen LogP contribution is 2.17. The number of pyridine rings is 1. The minimum absolute atomic E-state index is 0.290. The SMILES string of the molecule is Cc1ccc(NC(=O)c2cncc(C(=O)Nc3ccc(Cl)cc3)c2)cc1C. The fourth-order valence-electron chi connectivity index (χ4n) is 2.45. The molecule has 27 heavy (non-hydrogen) atoms. The lowest BCUT2D eigenvalue weighted by atomic mass is 10.1. The molecule has 0 saturated carbocycles. The zero-order valence-corrected chi connectivity index (χ0v) is 15.7. The first-order valence-corrected chi connectivity index (χ1v) is 8.71. The van der Waals surface area contributed by atoms with Crippen LogP contribution in [0.3, 0.4) is 0 Å². The third kappa shape index (κ3) is 4.71. The van der Waals surface area contributed by atoms with Crippen molar-refractivity contribution in [3.63, 3.8) is 0 Å². The minimum atomic E-state index is -0.356. The number of hydrogen-bond acceptors (Lipinski definition) is 3. The predicted octanol–water partition coefficient (Wildman–Crippen LogP) is 4.86. The van der Waals surface area contributed by atoms with Gasteiger partial charge in [0.15, 0.2) is 0 Å². The molecule has 1 heterocycles. The molecular weight excluding hydrogens is 362 g/mol. The first-order valence-electron chi connectivity index (χ1n) is 8.33. The summed E-state index contributed by atoms with van der Waals surface area (Å²) < 4.78 is 0. The van der Waals surface area contributed by atoms with E-state index in [9.17, 15) is 9.59 Å². The van der Waals surface area contributed by atoms with Crippen LogP contribution in [0.15, 0.2) is 60.9 Å². The number of hydrogen-bond donors (Lipinski definition) is 2. The molecule has 3 aromatic rings. The van der Waals surface area contributed by atoms with E-state index in [1.54, 1.807) is 24.3 Å². The van der Waals surface area contributed by atoms with Crippen LogP contribution in [-0.4, -0.2) is 16.8 Å². The number of nitrogens with zero attached hydrogens (tertiary/aromatic N) is 1. The maximum absolute atomic E-state index is 12.5. The van der Waals surface area contributed by atoms with Crippen LogP contribution in [0, 0.1) is 13.8 Å². The lowest BCUT2D eigenvalue weighted by Gasteiger charge is -2.09. The van der Waals surface area contributed by atoms with E-state index in [1.165, 1.54) is 18.5 Å². The molecule has 0 aliphatic rings. The summed E-state index contributed by atoms with van der Waals surface area (Å²) in [6, 6.07) is 14.0. The van der Waals surface area contributed by atoms with Crippen LogP contribution in [0.1, 0.15) is 31.8 Å². The molecule has 0 radical (unpaired) electrons. The van der Waals surface area contributed by atoms with Gasteiger partial charge in [0.25, 0.3) is 11.8 Å². The van der Waals surface area contributed by atoms with Gasteiger partial charge in [-0.3, -0.25) is 14.6 Å². The molecular formula is C21H18ClN3O2. The summed E-state index contributed by atoms with van der Waals surface area (Å²) in [5, 5.41) is 6.15. The summed E-state index contributed by atoms with van der Waals surface area (Å²) in [5.41, 5.74) is 4.13. The number of anilines is 2. The highest BCUT2D eigenvalue weighted by atomic mass is 35.5. The number of aromatic nitrogens is 1. The predicted molar refractivity (Wildman–Crippen MR) is 108 cm³/mol. The van der Waals surface area contributed by atoms with Gasteiger partial charge in [-0.2, -0.15) is 0 Å². The Kier molecular flexibility index (Phi) is 5.52. The van der Waals surface area contributed by atoms with E-state index in [0.29, 0.717) is 22.0 Å². The van der Waals surface area contributed by atoms with Crippen LogP contribution < -0.4 is 10.6 Å². The first-order chi connectivity index (χ1) is 12.9. The van der Waals surface area contributed by atoms with Gasteiger partial charge in [-0.25, -0.2) is 0 Å². The van der Waals surface area contributed by atoms with Crippen LogP contribution in [0.4, 0.5) is 11.4 Å². The Hall–Kier alpha value is -3.18. The zero-order valence-electron chi connectivity index (χ0n) is 14.9. The molecule has 6 heteroatoms. The van der Waals surface area contributed by atoms with Gasteiger partial charge in [-0.1, -0.05) is 17.7 Å². The Bertz CT molecular complexity index is 1000. The number of carbonyl (C=O) groups excluding carboxylic acids is 2. The molecule has 2 amide bonds. The molecule has 3 rings (SSSR count). The van der Waals surface area contributed by atoms with Gasteiger partial charge in [0, 0.05) is 28.8 Å². The third-order valence-electron chi connectivity index (χ3n) is 4.13. The second kappa shape index (κ2) is 8.01. The van der Waals surface area contributed by atoms with Crippen molar-refractivity contribution in [2.24, 2.45) is 0 Å². The molecule has 0 saturated heterocycles. The molecule has 2 N–H and O–H groups in total. The number of nitrogens with one attached hydrogen (secondary N) is 2. The van der Waals surface area contributed by atoms with E-state index in [4.69, 9.17) is 11.6 Å². The fraction of sp³-hybridized carbons (Fsp3) is 0.0952. The van der Waals surface area contributed by atoms with Crippen molar-refractivity contribution < 1.29 is 9.59 Å². The molecule has 0 aliphatic heterocycles. The fourth-order valence-corrected chi connectivity index (χ4v) is 2.57. The standard InChI is InChI=1S/C21H18ClN3O2/c1-13-3-6-19(9-14(13)2)25-21(27)16-10-15(11-23-12-16)20(26)24-18-7-4-17(22)5-8-18/h3-12H,1-2H3,(H,24,26)(H,25,27). The van der Waals surface area contributed by atoms with Crippen LogP contribution >= 0.6 is 11.6 Å². The van der Waals surface area contributed by atoms with Gasteiger partial charge in [-0.05, 0) is 67.4 Å². The van der Waals surface area contributed by atoms with E-state index in [-0.39, 0.29) is 17.4 Å². The number of amides is 2. The minimum Gasteiger partial charge on any atom is -0.322 e. The first kappa shape index (κ1) is 18.6. The van der Waals surface area contributed by atoms with E-state index >= 15 is 0 Å². The van der Waals surface area contributed by atoms with E-state index < -0.39 is 0 Å².